The summed E-state index contributed by atoms with van der Waals surface area (Å²) in [5, 5.41) is 4.96. The maximum Gasteiger partial charge on any atom is 0.0468 e. The smallest absolute Gasteiger partial charge is 0.0468 e. The van der Waals surface area contributed by atoms with Gasteiger partial charge in [0.15, 0.2) is 0 Å². The largest absolute Gasteiger partial charge is 0.345 e. The molecule has 0 unspecified atom stereocenters. The van der Waals surface area contributed by atoms with E-state index in [0.29, 0.717) is 0 Å². The van der Waals surface area contributed by atoms with Gasteiger partial charge in [-0.05, 0) is 116 Å². The quantitative estimate of drug-likeness (QED) is 0.148. The van der Waals surface area contributed by atoms with Gasteiger partial charge < -0.3 is 9.80 Å². The van der Waals surface area contributed by atoms with Crippen LogP contribution in [0.3, 0.4) is 0 Å². The Bertz CT molecular complexity index is 2630. The number of hydrogen-bond donors (Lipinski definition) is 0. The van der Waals surface area contributed by atoms with Crippen LogP contribution in [0.1, 0.15) is 0 Å². The summed E-state index contributed by atoms with van der Waals surface area (Å²) in [5.74, 6) is 0. The molecule has 0 saturated carbocycles. The molecule has 252 valence electrons. The molecule has 0 saturated heterocycles. The second-order valence-corrected chi connectivity index (χ2v) is 13.4. The Morgan fingerprint density at radius 3 is 1.19 bits per heavy atom. The van der Waals surface area contributed by atoms with E-state index in [0.717, 1.165) is 22.7 Å². The summed E-state index contributed by atoms with van der Waals surface area (Å²) in [5.41, 5.74) is 13.0. The fourth-order valence-electron chi connectivity index (χ4n) is 7.63. The number of hydrogen-bond acceptors (Lipinski definition) is 2. The molecule has 0 aliphatic carbocycles. The lowest BCUT2D eigenvalue weighted by Gasteiger charge is -2.27. The van der Waals surface area contributed by atoms with E-state index in [4.69, 9.17) is 0 Å². The van der Waals surface area contributed by atoms with Gasteiger partial charge in [0.25, 0.3) is 0 Å². The molecule has 0 aromatic heterocycles. The predicted molar refractivity (Wildman–Crippen MR) is 227 cm³/mol. The van der Waals surface area contributed by atoms with E-state index in [9.17, 15) is 0 Å². The minimum Gasteiger partial charge on any atom is -0.345 e. The first-order valence-electron chi connectivity index (χ1n) is 18.2. The molecule has 0 amide bonds. The zero-order valence-electron chi connectivity index (χ0n) is 29.6. The van der Waals surface area contributed by atoms with Gasteiger partial charge in [-0.1, -0.05) is 152 Å². The summed E-state index contributed by atoms with van der Waals surface area (Å²) in [6, 6.07) is 76.4. The Morgan fingerprint density at radius 2 is 0.642 bits per heavy atom. The minimum absolute atomic E-state index is 1.10. The maximum absolute atomic E-state index is 2.38. The van der Waals surface area contributed by atoms with Crippen LogP contribution in [0.2, 0.25) is 0 Å². The first-order chi connectivity index (χ1) is 26.2. The highest BCUT2D eigenvalue weighted by Gasteiger charge is 2.20. The van der Waals surface area contributed by atoms with E-state index in [1.165, 1.54) is 60.6 Å². The van der Waals surface area contributed by atoms with Gasteiger partial charge in [-0.3, -0.25) is 0 Å². The molecule has 9 aromatic rings. The maximum atomic E-state index is 2.38. The van der Waals surface area contributed by atoms with Crippen molar-refractivity contribution in [2.24, 2.45) is 0 Å². The molecule has 0 fully saturated rings. The molecule has 0 radical (unpaired) electrons. The lowest BCUT2D eigenvalue weighted by Crippen LogP contribution is -2.10. The van der Waals surface area contributed by atoms with E-state index in [-0.39, 0.29) is 0 Å². The average Bonchev–Trinajstić information content (AvgIpc) is 3.24. The summed E-state index contributed by atoms with van der Waals surface area (Å²) in [6.45, 7) is 0. The van der Waals surface area contributed by atoms with Crippen LogP contribution >= 0.6 is 0 Å². The molecule has 53 heavy (non-hydrogen) atoms. The number of fused-ring (bicyclic) bond motifs is 3. The molecular formula is C51H38N2. The van der Waals surface area contributed by atoms with E-state index in [2.05, 4.69) is 223 Å². The zero-order valence-corrected chi connectivity index (χ0v) is 29.6. The van der Waals surface area contributed by atoms with E-state index >= 15 is 0 Å². The average molecular weight is 679 g/mol. The Morgan fingerprint density at radius 1 is 0.264 bits per heavy atom. The zero-order chi connectivity index (χ0) is 35.6. The Kier molecular flexibility index (Phi) is 8.47. The summed E-state index contributed by atoms with van der Waals surface area (Å²) in [7, 11) is 2.11. The van der Waals surface area contributed by atoms with Gasteiger partial charge in [-0.2, -0.15) is 0 Å². The minimum atomic E-state index is 1.10. The standard InChI is InChI=1S/C51H38N2/c1-52(41-20-10-4-11-21-41)42-30-26-37(27-31-42)38-28-32-44(33-29-38)53(43-22-12-5-13-23-43)45-34-35-48-49(36-45)46-24-14-15-25-47(46)50(39-16-6-2-7-17-39)51(48)40-18-8-3-9-19-40/h2-36H,1H3. The Balaban J connectivity index is 1.16. The molecule has 9 rings (SSSR count). The van der Waals surface area contributed by atoms with Gasteiger partial charge in [0, 0.05) is 35.5 Å². The molecule has 0 heterocycles. The van der Waals surface area contributed by atoms with Gasteiger partial charge in [-0.15, -0.1) is 0 Å². The van der Waals surface area contributed by atoms with E-state index < -0.39 is 0 Å². The second kappa shape index (κ2) is 14.0. The van der Waals surface area contributed by atoms with Crippen LogP contribution in [0.15, 0.2) is 212 Å². The third-order valence-corrected chi connectivity index (χ3v) is 10.3. The van der Waals surface area contributed by atoms with Gasteiger partial charge >= 0.3 is 0 Å². The van der Waals surface area contributed by atoms with Crippen LogP contribution in [-0.4, -0.2) is 7.05 Å². The van der Waals surface area contributed by atoms with Gasteiger partial charge in [-0.25, -0.2) is 0 Å². The molecule has 2 heteroatoms. The molecule has 0 bridgehead atoms. The van der Waals surface area contributed by atoms with Crippen molar-refractivity contribution < 1.29 is 0 Å². The lowest BCUT2D eigenvalue weighted by molar-refractivity contribution is 1.21. The van der Waals surface area contributed by atoms with Crippen molar-refractivity contribution in [1.82, 2.24) is 0 Å². The van der Waals surface area contributed by atoms with Gasteiger partial charge in [0.05, 0.1) is 0 Å². The molecule has 0 spiro atoms. The Labute approximate surface area is 311 Å². The monoisotopic (exact) mass is 678 g/mol. The van der Waals surface area contributed by atoms with Crippen molar-refractivity contribution >= 4 is 50.0 Å². The first-order valence-corrected chi connectivity index (χ1v) is 18.2. The van der Waals surface area contributed by atoms with Crippen molar-refractivity contribution in [3.05, 3.63) is 212 Å². The Hall–Kier alpha value is -6.90. The van der Waals surface area contributed by atoms with Gasteiger partial charge in [0.2, 0.25) is 0 Å². The highest BCUT2D eigenvalue weighted by molar-refractivity contribution is 6.22. The SMILES string of the molecule is CN(c1ccccc1)c1ccc(-c2ccc(N(c3ccccc3)c3ccc4c(-c5ccccc5)c(-c5ccccc5)c5ccccc5c4c3)cc2)cc1. The third kappa shape index (κ3) is 6.11. The van der Waals surface area contributed by atoms with Crippen molar-refractivity contribution in [2.75, 3.05) is 16.8 Å². The molecule has 0 aliphatic rings. The predicted octanol–water partition coefficient (Wildman–Crippen LogP) is 14.2. The molecule has 0 aliphatic heterocycles. The number of para-hydroxylation sites is 2. The third-order valence-electron chi connectivity index (χ3n) is 10.3. The fourth-order valence-corrected chi connectivity index (χ4v) is 7.63. The number of benzene rings is 9. The van der Waals surface area contributed by atoms with Crippen molar-refractivity contribution in [2.45, 2.75) is 0 Å². The van der Waals surface area contributed by atoms with Crippen LogP contribution in [0.25, 0.3) is 54.9 Å². The van der Waals surface area contributed by atoms with Crippen molar-refractivity contribution in [3.8, 4) is 33.4 Å². The fraction of sp³-hybridized carbons (Fsp3) is 0.0196. The summed E-state index contributed by atoms with van der Waals surface area (Å²) in [6.07, 6.45) is 0. The first kappa shape index (κ1) is 32.0. The van der Waals surface area contributed by atoms with Crippen molar-refractivity contribution in [3.63, 3.8) is 0 Å². The summed E-state index contributed by atoms with van der Waals surface area (Å²) < 4.78 is 0. The lowest BCUT2D eigenvalue weighted by atomic mass is 9.85. The van der Waals surface area contributed by atoms with Crippen LogP contribution in [0.4, 0.5) is 28.4 Å². The topological polar surface area (TPSA) is 6.48 Å². The molecular weight excluding hydrogens is 641 g/mol. The van der Waals surface area contributed by atoms with E-state index in [1.807, 2.05) is 6.07 Å². The second-order valence-electron chi connectivity index (χ2n) is 13.4. The molecule has 2 nitrogen and oxygen atoms in total. The van der Waals surface area contributed by atoms with Crippen molar-refractivity contribution in [1.29, 1.82) is 0 Å². The van der Waals surface area contributed by atoms with E-state index in [1.54, 1.807) is 0 Å². The number of nitrogens with zero attached hydrogens (tertiary/aromatic N) is 2. The van der Waals surface area contributed by atoms with Crippen LogP contribution < -0.4 is 9.80 Å². The highest BCUT2D eigenvalue weighted by atomic mass is 15.1. The van der Waals surface area contributed by atoms with Gasteiger partial charge in [0.1, 0.15) is 0 Å². The highest BCUT2D eigenvalue weighted by Crippen LogP contribution is 2.46. The van der Waals surface area contributed by atoms with Crippen LogP contribution in [0.5, 0.6) is 0 Å². The number of anilines is 5. The normalized spacial score (nSPS) is 11.1. The molecule has 9 aromatic carbocycles. The van der Waals surface area contributed by atoms with Crippen LogP contribution in [0, 0.1) is 0 Å². The molecule has 0 atom stereocenters. The summed E-state index contributed by atoms with van der Waals surface area (Å²) >= 11 is 0. The summed E-state index contributed by atoms with van der Waals surface area (Å²) in [4.78, 5) is 4.58. The molecule has 0 N–H and O–H groups in total. The van der Waals surface area contributed by atoms with Crippen LogP contribution in [-0.2, 0) is 0 Å². The number of rotatable bonds is 8.